The molecule has 0 radical (unpaired) electrons. The molecule has 4 aromatic carbocycles. The second-order valence-electron chi connectivity index (χ2n) is 10.1. The van der Waals surface area contributed by atoms with Gasteiger partial charge in [-0.15, -0.1) is 0 Å². The van der Waals surface area contributed by atoms with Crippen LogP contribution in [0.15, 0.2) is 114 Å². The molecule has 1 unspecified atom stereocenters. The van der Waals surface area contributed by atoms with Gasteiger partial charge in [0.15, 0.2) is 0 Å². The quantitative estimate of drug-likeness (QED) is 0.189. The van der Waals surface area contributed by atoms with Crippen molar-refractivity contribution >= 4 is 23.2 Å². The highest BCUT2D eigenvalue weighted by molar-refractivity contribution is 5.97. The van der Waals surface area contributed by atoms with Crippen LogP contribution in [0.1, 0.15) is 42.9 Å². The maximum atomic E-state index is 13.2. The number of rotatable bonds is 11. The van der Waals surface area contributed by atoms with Crippen molar-refractivity contribution in [2.45, 2.75) is 38.3 Å². The molecule has 6 nitrogen and oxygen atoms in total. The van der Waals surface area contributed by atoms with Crippen LogP contribution in [0.25, 0.3) is 11.1 Å². The molecule has 0 aromatic heterocycles. The van der Waals surface area contributed by atoms with Gasteiger partial charge in [0.1, 0.15) is 0 Å². The lowest BCUT2D eigenvalue weighted by Crippen LogP contribution is -2.43. The predicted molar refractivity (Wildman–Crippen MR) is 164 cm³/mol. The lowest BCUT2D eigenvalue weighted by Gasteiger charge is -2.38. The fourth-order valence-electron chi connectivity index (χ4n) is 5.10. The Hall–Kier alpha value is -4.42. The van der Waals surface area contributed by atoms with Crippen LogP contribution in [0.3, 0.4) is 0 Å². The van der Waals surface area contributed by atoms with Gasteiger partial charge in [0.05, 0.1) is 18.2 Å². The molecule has 0 saturated carbocycles. The topological polar surface area (TPSA) is 82.8 Å². The molecule has 1 atom stereocenters. The smallest absolute Gasteiger partial charge is 0.222 e. The second-order valence-corrected chi connectivity index (χ2v) is 10.1. The van der Waals surface area contributed by atoms with Crippen LogP contribution < -0.4 is 16.4 Å². The highest BCUT2D eigenvalue weighted by Gasteiger charge is 2.31. The maximum Gasteiger partial charge on any atom is 0.222 e. The van der Waals surface area contributed by atoms with Crippen LogP contribution in [-0.2, 0) is 11.3 Å². The Morgan fingerprint density at radius 2 is 1.45 bits per heavy atom. The average Bonchev–Trinajstić information content (AvgIpc) is 3.00. The van der Waals surface area contributed by atoms with Crippen LogP contribution in [0.5, 0.6) is 0 Å². The summed E-state index contributed by atoms with van der Waals surface area (Å²) in [6.07, 6.45) is 3.32. The number of unbranched alkanes of at least 4 members (excludes halogenated alkanes) is 2. The molecular formula is C34H37N5O. The van der Waals surface area contributed by atoms with Crippen molar-refractivity contribution in [3.8, 4) is 11.1 Å². The van der Waals surface area contributed by atoms with Crippen molar-refractivity contribution in [2.24, 2.45) is 10.7 Å². The van der Waals surface area contributed by atoms with Gasteiger partial charge in [0.25, 0.3) is 0 Å². The van der Waals surface area contributed by atoms with E-state index in [1.165, 1.54) is 5.56 Å². The SMILES string of the molecule is NCCCCCN1C(Nc2ccc(-c3ccccc3)cc2)=Nc2ccccc2C1CC(=O)NCc1ccccc1. The average molecular weight is 532 g/mol. The number of hydrogen-bond donors (Lipinski definition) is 3. The monoisotopic (exact) mass is 531 g/mol. The molecule has 4 N–H and O–H groups in total. The van der Waals surface area contributed by atoms with Gasteiger partial charge in [-0.25, -0.2) is 4.99 Å². The van der Waals surface area contributed by atoms with Gasteiger partial charge in [0, 0.05) is 24.3 Å². The molecule has 4 aromatic rings. The van der Waals surface area contributed by atoms with Crippen LogP contribution in [0, 0.1) is 0 Å². The minimum atomic E-state index is -0.131. The molecule has 0 bridgehead atoms. The molecule has 1 aliphatic rings. The van der Waals surface area contributed by atoms with Crippen molar-refractivity contribution in [1.29, 1.82) is 0 Å². The van der Waals surface area contributed by atoms with E-state index in [1.54, 1.807) is 0 Å². The summed E-state index contributed by atoms with van der Waals surface area (Å²) in [6, 6.07) is 36.8. The van der Waals surface area contributed by atoms with Gasteiger partial charge in [0.2, 0.25) is 11.9 Å². The molecule has 204 valence electrons. The first-order valence-corrected chi connectivity index (χ1v) is 14.1. The normalized spacial score (nSPS) is 14.3. The fourth-order valence-corrected chi connectivity index (χ4v) is 5.10. The Morgan fingerprint density at radius 3 is 2.20 bits per heavy atom. The summed E-state index contributed by atoms with van der Waals surface area (Å²) in [5.41, 5.74) is 12.1. The van der Waals surface area contributed by atoms with Crippen molar-refractivity contribution in [3.05, 3.63) is 120 Å². The highest BCUT2D eigenvalue weighted by atomic mass is 16.1. The molecule has 0 saturated heterocycles. The summed E-state index contributed by atoms with van der Waals surface area (Å²) < 4.78 is 0. The van der Waals surface area contributed by atoms with E-state index in [0.717, 1.165) is 59.8 Å². The zero-order chi connectivity index (χ0) is 27.6. The molecule has 6 heteroatoms. The molecule has 0 fully saturated rings. The molecule has 1 aliphatic heterocycles. The zero-order valence-electron chi connectivity index (χ0n) is 22.8. The number of hydrogen-bond acceptors (Lipinski definition) is 5. The van der Waals surface area contributed by atoms with Gasteiger partial charge < -0.3 is 21.3 Å². The van der Waals surface area contributed by atoms with Gasteiger partial charge in [-0.1, -0.05) is 97.4 Å². The third kappa shape index (κ3) is 6.96. The van der Waals surface area contributed by atoms with E-state index >= 15 is 0 Å². The number of aliphatic imine (C=N–C) groups is 1. The minimum absolute atomic E-state index is 0.0177. The van der Waals surface area contributed by atoms with Gasteiger partial charge in [-0.3, -0.25) is 4.79 Å². The summed E-state index contributed by atoms with van der Waals surface area (Å²) in [6.45, 7) is 1.97. The first kappa shape index (κ1) is 27.2. The summed E-state index contributed by atoms with van der Waals surface area (Å²) in [7, 11) is 0. The first-order valence-electron chi connectivity index (χ1n) is 14.1. The number of anilines is 1. The third-order valence-corrected chi connectivity index (χ3v) is 7.23. The van der Waals surface area contributed by atoms with Gasteiger partial charge in [-0.05, 0) is 54.3 Å². The van der Waals surface area contributed by atoms with Crippen molar-refractivity contribution in [1.82, 2.24) is 10.2 Å². The second kappa shape index (κ2) is 13.6. The first-order chi connectivity index (χ1) is 19.7. The third-order valence-electron chi connectivity index (χ3n) is 7.23. The van der Waals surface area contributed by atoms with E-state index in [1.807, 2.05) is 66.7 Å². The van der Waals surface area contributed by atoms with E-state index in [-0.39, 0.29) is 11.9 Å². The number of nitrogens with two attached hydrogens (primary N) is 1. The van der Waals surface area contributed by atoms with Gasteiger partial charge in [-0.2, -0.15) is 0 Å². The predicted octanol–water partition coefficient (Wildman–Crippen LogP) is 6.65. The molecule has 1 heterocycles. The van der Waals surface area contributed by atoms with E-state index in [2.05, 4.69) is 58.0 Å². The van der Waals surface area contributed by atoms with E-state index in [0.29, 0.717) is 19.5 Å². The van der Waals surface area contributed by atoms with Crippen LogP contribution in [0.4, 0.5) is 11.4 Å². The van der Waals surface area contributed by atoms with Gasteiger partial charge >= 0.3 is 0 Å². The Kier molecular flexibility index (Phi) is 9.22. The summed E-state index contributed by atoms with van der Waals surface area (Å²) in [5, 5.41) is 6.69. The molecular weight excluding hydrogens is 494 g/mol. The summed E-state index contributed by atoms with van der Waals surface area (Å²) in [4.78, 5) is 20.5. The Bertz CT molecular complexity index is 1400. The number of carbonyl (C=O) groups is 1. The number of guanidine groups is 1. The van der Waals surface area contributed by atoms with Crippen LogP contribution in [0.2, 0.25) is 0 Å². The van der Waals surface area contributed by atoms with Crippen LogP contribution in [-0.4, -0.2) is 29.9 Å². The van der Waals surface area contributed by atoms with E-state index < -0.39 is 0 Å². The lowest BCUT2D eigenvalue weighted by molar-refractivity contribution is -0.122. The summed E-state index contributed by atoms with van der Waals surface area (Å²) >= 11 is 0. The number of amides is 1. The van der Waals surface area contributed by atoms with Crippen molar-refractivity contribution < 1.29 is 4.79 Å². The van der Waals surface area contributed by atoms with Crippen LogP contribution >= 0.6 is 0 Å². The Labute approximate surface area is 237 Å². The number of nitrogens with zero attached hydrogens (tertiary/aromatic N) is 2. The van der Waals surface area contributed by atoms with Crippen molar-refractivity contribution in [2.75, 3.05) is 18.4 Å². The zero-order valence-corrected chi connectivity index (χ0v) is 22.8. The molecule has 40 heavy (non-hydrogen) atoms. The number of nitrogens with one attached hydrogen (secondary N) is 2. The number of carbonyl (C=O) groups excluding carboxylic acids is 1. The molecule has 5 rings (SSSR count). The highest BCUT2D eigenvalue weighted by Crippen LogP contribution is 2.37. The summed E-state index contributed by atoms with van der Waals surface area (Å²) in [5.74, 6) is 0.781. The Morgan fingerprint density at radius 1 is 0.775 bits per heavy atom. The van der Waals surface area contributed by atoms with Crippen molar-refractivity contribution in [3.63, 3.8) is 0 Å². The Balaban J connectivity index is 1.38. The minimum Gasteiger partial charge on any atom is -0.352 e. The largest absolute Gasteiger partial charge is 0.352 e. The number of fused-ring (bicyclic) bond motifs is 1. The standard InChI is InChI=1S/C34H37N5O/c35-22-10-3-11-23-39-32(24-33(40)36-25-26-12-4-1-5-13-26)30-16-8-9-17-31(30)38-34(39)37-29-20-18-28(19-21-29)27-14-6-2-7-15-27/h1-2,4-9,12-21,32H,3,10-11,22-25,35H2,(H,36,40)(H,37,38). The maximum absolute atomic E-state index is 13.2. The fraction of sp³-hybridized carbons (Fsp3) is 0.235. The number of para-hydroxylation sites is 1. The lowest BCUT2D eigenvalue weighted by atomic mass is 9.97. The molecule has 1 amide bonds. The van der Waals surface area contributed by atoms with E-state index in [4.69, 9.17) is 10.7 Å². The molecule has 0 spiro atoms. The molecule has 0 aliphatic carbocycles. The number of benzene rings is 4. The van der Waals surface area contributed by atoms with E-state index in [9.17, 15) is 4.79 Å².